The Kier molecular flexibility index (Phi) is 6.21. The van der Waals surface area contributed by atoms with Gasteiger partial charge in [0, 0.05) is 30.6 Å². The van der Waals surface area contributed by atoms with Crippen molar-refractivity contribution in [3.8, 4) is 0 Å². The average molecular weight is 417 g/mol. The van der Waals surface area contributed by atoms with E-state index in [4.69, 9.17) is 9.84 Å². The standard InChI is InChI=1S/C21H24FN3O5/c1-10-17(8-15-14-6-12(22)4-5-16(14)25-20(15)28)24-11(2)19(10)21(29)23-9-13(30-3)7-18(26)27/h4,6,8,13,16,24H,5,7,9H2,1-3H3,(H,23,29)(H,25,28)(H,26,27)/b15-8-. The first-order valence-corrected chi connectivity index (χ1v) is 9.53. The summed E-state index contributed by atoms with van der Waals surface area (Å²) >= 11 is 0. The van der Waals surface area contributed by atoms with Crippen LogP contribution in [0.25, 0.3) is 6.08 Å². The molecule has 2 aliphatic rings. The van der Waals surface area contributed by atoms with Crippen molar-refractivity contribution in [2.24, 2.45) is 0 Å². The summed E-state index contributed by atoms with van der Waals surface area (Å²) in [5.41, 5.74) is 3.17. The van der Waals surface area contributed by atoms with Crippen LogP contribution in [0, 0.1) is 13.8 Å². The number of hydrogen-bond acceptors (Lipinski definition) is 4. The van der Waals surface area contributed by atoms with E-state index in [0.717, 1.165) is 0 Å². The SMILES string of the molecule is COC(CNC(=O)c1c(C)[nH]c(/C=C2\C(=O)NC3CC=C(F)C=C23)c1C)CC(=O)O. The molecule has 2 unspecified atom stereocenters. The Balaban J connectivity index is 1.83. The number of aryl methyl sites for hydroxylation is 1. The van der Waals surface area contributed by atoms with Gasteiger partial charge in [0.05, 0.1) is 24.1 Å². The van der Waals surface area contributed by atoms with Crippen LogP contribution in [-0.4, -0.2) is 53.7 Å². The smallest absolute Gasteiger partial charge is 0.306 e. The van der Waals surface area contributed by atoms with E-state index in [9.17, 15) is 18.8 Å². The fourth-order valence-electron chi connectivity index (χ4n) is 3.72. The van der Waals surface area contributed by atoms with Gasteiger partial charge in [0.25, 0.3) is 11.8 Å². The molecule has 0 aromatic carbocycles. The highest BCUT2D eigenvalue weighted by Crippen LogP contribution is 2.32. The van der Waals surface area contributed by atoms with Crippen molar-refractivity contribution in [2.45, 2.75) is 38.8 Å². The maximum absolute atomic E-state index is 13.7. The van der Waals surface area contributed by atoms with E-state index >= 15 is 0 Å². The van der Waals surface area contributed by atoms with Crippen LogP contribution in [0.2, 0.25) is 0 Å². The molecule has 4 N–H and O–H groups in total. The molecule has 30 heavy (non-hydrogen) atoms. The second-order valence-electron chi connectivity index (χ2n) is 7.34. The lowest BCUT2D eigenvalue weighted by Gasteiger charge is -2.14. The van der Waals surface area contributed by atoms with E-state index < -0.39 is 12.1 Å². The Morgan fingerprint density at radius 1 is 1.43 bits per heavy atom. The Morgan fingerprint density at radius 2 is 2.17 bits per heavy atom. The van der Waals surface area contributed by atoms with Gasteiger partial charge in [0.2, 0.25) is 0 Å². The Hall–Kier alpha value is -3.20. The summed E-state index contributed by atoms with van der Waals surface area (Å²) in [6, 6.07) is -0.248. The number of carboxylic acids is 1. The Morgan fingerprint density at radius 3 is 2.83 bits per heavy atom. The molecule has 2 amide bonds. The van der Waals surface area contributed by atoms with Gasteiger partial charge in [0.1, 0.15) is 5.83 Å². The first-order chi connectivity index (χ1) is 14.2. The van der Waals surface area contributed by atoms with Crippen LogP contribution in [0.5, 0.6) is 0 Å². The maximum Gasteiger partial charge on any atom is 0.306 e. The molecule has 1 saturated heterocycles. The molecule has 2 heterocycles. The summed E-state index contributed by atoms with van der Waals surface area (Å²) in [5.74, 6) is -2.06. The molecule has 160 valence electrons. The molecule has 0 spiro atoms. The zero-order valence-electron chi connectivity index (χ0n) is 17.0. The number of halogens is 1. The molecule has 9 heteroatoms. The summed E-state index contributed by atoms with van der Waals surface area (Å²) in [5, 5.41) is 14.4. The molecule has 3 rings (SSSR count). The predicted octanol–water partition coefficient (Wildman–Crippen LogP) is 1.92. The molecular weight excluding hydrogens is 393 g/mol. The summed E-state index contributed by atoms with van der Waals surface area (Å²) in [7, 11) is 1.38. The van der Waals surface area contributed by atoms with Crippen LogP contribution in [0.1, 0.15) is 40.2 Å². The number of carbonyl (C=O) groups excluding carboxylic acids is 2. The highest BCUT2D eigenvalue weighted by molar-refractivity contribution is 6.07. The third-order valence-electron chi connectivity index (χ3n) is 5.30. The Bertz CT molecular complexity index is 989. The van der Waals surface area contributed by atoms with Gasteiger partial charge in [-0.1, -0.05) is 0 Å². The zero-order chi connectivity index (χ0) is 22.0. The lowest BCUT2D eigenvalue weighted by Crippen LogP contribution is -2.34. The normalized spacial score (nSPS) is 20.3. The molecule has 1 aromatic rings. The fraction of sp³-hybridized carbons (Fsp3) is 0.381. The number of hydrogen-bond donors (Lipinski definition) is 4. The number of carboxylic acid groups (broad SMARTS) is 1. The Labute approximate surface area is 172 Å². The van der Waals surface area contributed by atoms with Crippen molar-refractivity contribution in [3.05, 3.63) is 51.6 Å². The number of aromatic amines is 1. The number of carbonyl (C=O) groups is 3. The zero-order valence-corrected chi connectivity index (χ0v) is 17.0. The third kappa shape index (κ3) is 4.35. The number of ether oxygens (including phenoxy) is 1. The molecule has 1 aliphatic heterocycles. The lowest BCUT2D eigenvalue weighted by atomic mass is 9.95. The average Bonchev–Trinajstić information content (AvgIpc) is 3.14. The number of fused-ring (bicyclic) bond motifs is 1. The van der Waals surface area contributed by atoms with E-state index in [1.807, 2.05) is 0 Å². The van der Waals surface area contributed by atoms with Crippen LogP contribution >= 0.6 is 0 Å². The van der Waals surface area contributed by atoms with Crippen LogP contribution in [0.3, 0.4) is 0 Å². The van der Waals surface area contributed by atoms with Crippen molar-refractivity contribution in [1.29, 1.82) is 0 Å². The van der Waals surface area contributed by atoms with Crippen molar-refractivity contribution in [1.82, 2.24) is 15.6 Å². The first kappa shape index (κ1) is 21.5. The van der Waals surface area contributed by atoms with E-state index in [-0.39, 0.29) is 36.6 Å². The van der Waals surface area contributed by atoms with E-state index in [2.05, 4.69) is 15.6 Å². The number of allylic oxidation sites excluding steroid dienone is 2. The third-order valence-corrected chi connectivity index (χ3v) is 5.30. The van der Waals surface area contributed by atoms with Gasteiger partial charge in [-0.2, -0.15) is 0 Å². The minimum Gasteiger partial charge on any atom is -0.481 e. The monoisotopic (exact) mass is 417 g/mol. The van der Waals surface area contributed by atoms with Crippen LogP contribution in [0.15, 0.2) is 29.1 Å². The van der Waals surface area contributed by atoms with Gasteiger partial charge < -0.3 is 25.5 Å². The first-order valence-electron chi connectivity index (χ1n) is 9.53. The summed E-state index contributed by atoms with van der Waals surface area (Å²) in [6.45, 7) is 3.52. The molecule has 0 saturated carbocycles. The fourth-order valence-corrected chi connectivity index (χ4v) is 3.72. The quantitative estimate of drug-likeness (QED) is 0.505. The second kappa shape index (κ2) is 8.66. The highest BCUT2D eigenvalue weighted by Gasteiger charge is 2.33. The summed E-state index contributed by atoms with van der Waals surface area (Å²) in [4.78, 5) is 39.0. The largest absolute Gasteiger partial charge is 0.481 e. The van der Waals surface area contributed by atoms with Gasteiger partial charge in [-0.25, -0.2) is 4.39 Å². The van der Waals surface area contributed by atoms with Gasteiger partial charge >= 0.3 is 5.97 Å². The number of nitrogens with one attached hydrogen (secondary N) is 3. The number of H-pyrrole nitrogens is 1. The molecule has 0 radical (unpaired) electrons. The van der Waals surface area contributed by atoms with Crippen LogP contribution in [0.4, 0.5) is 4.39 Å². The molecule has 2 atom stereocenters. The number of aliphatic carboxylic acids is 1. The maximum atomic E-state index is 13.7. The van der Waals surface area contributed by atoms with E-state index in [1.165, 1.54) is 19.3 Å². The van der Waals surface area contributed by atoms with Crippen molar-refractivity contribution in [2.75, 3.05) is 13.7 Å². The van der Waals surface area contributed by atoms with Gasteiger partial charge in [0.15, 0.2) is 0 Å². The van der Waals surface area contributed by atoms with Crippen LogP contribution < -0.4 is 10.6 Å². The summed E-state index contributed by atoms with van der Waals surface area (Å²) in [6.07, 6.45) is 3.93. The lowest BCUT2D eigenvalue weighted by molar-refractivity contribution is -0.139. The van der Waals surface area contributed by atoms with E-state index in [0.29, 0.717) is 40.1 Å². The molecule has 8 nitrogen and oxygen atoms in total. The van der Waals surface area contributed by atoms with Crippen LogP contribution in [-0.2, 0) is 14.3 Å². The van der Waals surface area contributed by atoms with E-state index in [1.54, 1.807) is 19.9 Å². The molecule has 1 aliphatic carbocycles. The number of rotatable bonds is 7. The number of methoxy groups -OCH3 is 1. The second-order valence-corrected chi connectivity index (χ2v) is 7.34. The van der Waals surface area contributed by atoms with Gasteiger partial charge in [-0.15, -0.1) is 0 Å². The van der Waals surface area contributed by atoms with Crippen molar-refractivity contribution in [3.63, 3.8) is 0 Å². The van der Waals surface area contributed by atoms with Crippen molar-refractivity contribution >= 4 is 23.9 Å². The van der Waals surface area contributed by atoms with Crippen molar-refractivity contribution < 1.29 is 28.6 Å². The molecule has 0 bridgehead atoms. The number of aromatic nitrogens is 1. The minimum absolute atomic E-state index is 0.0463. The minimum atomic E-state index is -1.02. The predicted molar refractivity (Wildman–Crippen MR) is 107 cm³/mol. The molecule has 1 fully saturated rings. The molecule has 1 aromatic heterocycles. The van der Waals surface area contributed by atoms with Gasteiger partial charge in [-0.3, -0.25) is 14.4 Å². The molecular formula is C21H24FN3O5. The summed E-state index contributed by atoms with van der Waals surface area (Å²) < 4.78 is 18.8. The topological polar surface area (TPSA) is 121 Å². The number of amides is 2. The highest BCUT2D eigenvalue weighted by atomic mass is 19.1. The van der Waals surface area contributed by atoms with Gasteiger partial charge in [-0.05, 0) is 49.6 Å².